The molecule has 5 nitrogen and oxygen atoms in total. The zero-order chi connectivity index (χ0) is 22.8. The summed E-state index contributed by atoms with van der Waals surface area (Å²) in [6, 6.07) is 13.0. The van der Waals surface area contributed by atoms with Crippen LogP contribution in [0.15, 0.2) is 42.0 Å². The number of nitriles is 1. The largest absolute Gasteiger partial charge is 0.494 e. The van der Waals surface area contributed by atoms with Crippen molar-refractivity contribution in [2.75, 3.05) is 23.9 Å². The van der Waals surface area contributed by atoms with E-state index in [1.54, 1.807) is 24.3 Å². The van der Waals surface area contributed by atoms with Crippen LogP contribution in [0.25, 0.3) is 6.08 Å². The number of carbonyl (C=O) groups is 1. The van der Waals surface area contributed by atoms with E-state index in [0.717, 1.165) is 12.1 Å². The summed E-state index contributed by atoms with van der Waals surface area (Å²) in [4.78, 5) is 15.0. The molecule has 0 saturated carbocycles. The van der Waals surface area contributed by atoms with Crippen LogP contribution in [0.4, 0.5) is 11.4 Å². The minimum absolute atomic E-state index is 0.0131. The average molecular weight is 438 g/mol. The van der Waals surface area contributed by atoms with Crippen molar-refractivity contribution in [3.63, 3.8) is 0 Å². The summed E-state index contributed by atoms with van der Waals surface area (Å²) in [7, 11) is 2.07. The molecule has 1 unspecified atom stereocenters. The molecule has 0 aliphatic carbocycles. The molecule has 31 heavy (non-hydrogen) atoms. The highest BCUT2D eigenvalue weighted by atomic mass is 35.5. The summed E-state index contributed by atoms with van der Waals surface area (Å²) < 4.78 is 5.46. The van der Waals surface area contributed by atoms with E-state index in [0.29, 0.717) is 34.5 Å². The highest BCUT2D eigenvalue weighted by Crippen LogP contribution is 2.44. The fraction of sp³-hybridized carbons (Fsp3) is 0.360. The lowest BCUT2D eigenvalue weighted by molar-refractivity contribution is -0.112. The molecule has 2 aromatic carbocycles. The second-order valence-corrected chi connectivity index (χ2v) is 8.90. The number of hydrogen-bond donors (Lipinski definition) is 1. The lowest BCUT2D eigenvalue weighted by Gasteiger charge is -2.45. The van der Waals surface area contributed by atoms with Crippen molar-refractivity contribution in [3.05, 3.63) is 58.1 Å². The standard InChI is InChI=1S/C25H28ClN3O2/c1-6-31-20-9-7-8-19(12-20)28-24(30)18(15-27)10-17-11-21-16(2)14-25(3,4)29(5)23(21)13-22(17)26/h7-13,16H,6,14H2,1-5H3,(H,28,30)/b18-10+. The number of fused-ring (bicyclic) bond motifs is 1. The third-order valence-corrected chi connectivity index (χ3v) is 6.15. The first-order valence-corrected chi connectivity index (χ1v) is 10.8. The molecule has 6 heteroatoms. The molecule has 0 spiro atoms. The number of ether oxygens (including phenoxy) is 1. The number of benzene rings is 2. The van der Waals surface area contributed by atoms with E-state index in [9.17, 15) is 10.1 Å². The van der Waals surface area contributed by atoms with Crippen LogP contribution in [0, 0.1) is 11.3 Å². The summed E-state index contributed by atoms with van der Waals surface area (Å²) in [6.45, 7) is 9.05. The number of nitrogens with zero attached hydrogens (tertiary/aromatic N) is 2. The molecule has 162 valence electrons. The van der Waals surface area contributed by atoms with Gasteiger partial charge in [-0.05, 0) is 74.6 Å². The van der Waals surface area contributed by atoms with Gasteiger partial charge >= 0.3 is 0 Å². The van der Waals surface area contributed by atoms with Crippen molar-refractivity contribution in [1.82, 2.24) is 0 Å². The second-order valence-electron chi connectivity index (χ2n) is 8.49. The van der Waals surface area contributed by atoms with Crippen molar-refractivity contribution in [2.45, 2.75) is 45.6 Å². The van der Waals surface area contributed by atoms with Gasteiger partial charge in [0.2, 0.25) is 0 Å². The van der Waals surface area contributed by atoms with Gasteiger partial charge in [-0.1, -0.05) is 24.6 Å². The summed E-state index contributed by atoms with van der Waals surface area (Å²) in [6.07, 6.45) is 2.56. The molecule has 2 aromatic rings. The topological polar surface area (TPSA) is 65.4 Å². The van der Waals surface area contributed by atoms with E-state index in [4.69, 9.17) is 16.3 Å². The van der Waals surface area contributed by atoms with E-state index >= 15 is 0 Å². The van der Waals surface area contributed by atoms with Crippen LogP contribution >= 0.6 is 11.6 Å². The Morgan fingerprint density at radius 1 is 1.39 bits per heavy atom. The molecule has 1 atom stereocenters. The van der Waals surface area contributed by atoms with E-state index in [-0.39, 0.29) is 11.1 Å². The molecule has 0 saturated heterocycles. The zero-order valence-corrected chi connectivity index (χ0v) is 19.4. The lowest BCUT2D eigenvalue weighted by atomic mass is 9.80. The van der Waals surface area contributed by atoms with Gasteiger partial charge in [0, 0.05) is 35.1 Å². The molecule has 1 N–H and O–H groups in total. The molecular weight excluding hydrogens is 410 g/mol. The number of carbonyl (C=O) groups excluding carboxylic acids is 1. The van der Waals surface area contributed by atoms with Crippen LogP contribution in [0.2, 0.25) is 5.02 Å². The highest BCUT2D eigenvalue weighted by Gasteiger charge is 2.34. The first-order valence-electron chi connectivity index (χ1n) is 10.4. The normalized spacial score (nSPS) is 17.5. The van der Waals surface area contributed by atoms with Crippen LogP contribution in [0.1, 0.15) is 51.2 Å². The van der Waals surface area contributed by atoms with Gasteiger partial charge in [-0.25, -0.2) is 0 Å². The van der Waals surface area contributed by atoms with Crippen LogP contribution in [-0.2, 0) is 4.79 Å². The fourth-order valence-electron chi connectivity index (χ4n) is 4.05. The first kappa shape index (κ1) is 22.7. The molecule has 3 rings (SSSR count). The predicted octanol–water partition coefficient (Wildman–Crippen LogP) is 6.01. The quantitative estimate of drug-likeness (QED) is 0.459. The number of halogens is 1. The number of amides is 1. The van der Waals surface area contributed by atoms with Gasteiger partial charge in [0.1, 0.15) is 17.4 Å². The second kappa shape index (κ2) is 9.03. The van der Waals surface area contributed by atoms with Gasteiger partial charge < -0.3 is 15.0 Å². The summed E-state index contributed by atoms with van der Waals surface area (Å²) in [5.41, 5.74) is 3.49. The Hall–Kier alpha value is -2.97. The third kappa shape index (κ3) is 4.86. The number of rotatable bonds is 5. The number of hydrogen-bond acceptors (Lipinski definition) is 4. The Balaban J connectivity index is 1.91. The van der Waals surface area contributed by atoms with Crippen molar-refractivity contribution >= 4 is 35.0 Å². The van der Waals surface area contributed by atoms with E-state index < -0.39 is 5.91 Å². The molecule has 1 amide bonds. The van der Waals surface area contributed by atoms with Crippen molar-refractivity contribution in [2.24, 2.45) is 0 Å². The molecule has 0 bridgehead atoms. The van der Waals surface area contributed by atoms with Gasteiger partial charge in [0.15, 0.2) is 0 Å². The van der Waals surface area contributed by atoms with Gasteiger partial charge in [-0.3, -0.25) is 4.79 Å². The Morgan fingerprint density at radius 2 is 2.13 bits per heavy atom. The van der Waals surface area contributed by atoms with Crippen molar-refractivity contribution in [1.29, 1.82) is 5.26 Å². The van der Waals surface area contributed by atoms with E-state index in [2.05, 4.69) is 38.0 Å². The Kier molecular flexibility index (Phi) is 6.62. The van der Waals surface area contributed by atoms with Gasteiger partial charge in [0.05, 0.1) is 6.61 Å². The molecule has 0 radical (unpaired) electrons. The molecule has 0 fully saturated rings. The number of anilines is 2. The van der Waals surface area contributed by atoms with Crippen LogP contribution < -0.4 is 15.0 Å². The zero-order valence-electron chi connectivity index (χ0n) is 18.6. The Bertz CT molecular complexity index is 1070. The van der Waals surface area contributed by atoms with Crippen LogP contribution in [0.3, 0.4) is 0 Å². The van der Waals surface area contributed by atoms with E-state index in [1.165, 1.54) is 5.56 Å². The van der Waals surface area contributed by atoms with Gasteiger partial charge in [-0.15, -0.1) is 0 Å². The number of nitrogens with one attached hydrogen (secondary N) is 1. The average Bonchev–Trinajstić information content (AvgIpc) is 2.71. The van der Waals surface area contributed by atoms with Crippen molar-refractivity contribution < 1.29 is 9.53 Å². The fourth-order valence-corrected chi connectivity index (χ4v) is 4.26. The predicted molar refractivity (Wildman–Crippen MR) is 127 cm³/mol. The first-order chi connectivity index (χ1) is 14.7. The van der Waals surface area contributed by atoms with Crippen LogP contribution in [-0.4, -0.2) is 25.1 Å². The molecular formula is C25H28ClN3O2. The lowest BCUT2D eigenvalue weighted by Crippen LogP contribution is -2.45. The maximum atomic E-state index is 12.7. The maximum absolute atomic E-state index is 12.7. The molecule has 1 heterocycles. The minimum Gasteiger partial charge on any atom is -0.494 e. The maximum Gasteiger partial charge on any atom is 0.266 e. The van der Waals surface area contributed by atoms with Crippen molar-refractivity contribution in [3.8, 4) is 11.8 Å². The van der Waals surface area contributed by atoms with Gasteiger partial charge in [0.25, 0.3) is 5.91 Å². The highest BCUT2D eigenvalue weighted by molar-refractivity contribution is 6.32. The van der Waals surface area contributed by atoms with Crippen LogP contribution in [0.5, 0.6) is 5.75 Å². The SMILES string of the molecule is CCOc1cccc(NC(=O)/C(C#N)=C/c2cc3c(cc2Cl)N(C)C(C)(C)CC3C)c1. The summed E-state index contributed by atoms with van der Waals surface area (Å²) >= 11 is 6.56. The third-order valence-electron chi connectivity index (χ3n) is 5.82. The summed E-state index contributed by atoms with van der Waals surface area (Å²) in [5, 5.41) is 12.9. The Morgan fingerprint density at radius 3 is 2.81 bits per heavy atom. The molecule has 0 aromatic heterocycles. The molecule has 1 aliphatic rings. The van der Waals surface area contributed by atoms with Gasteiger partial charge in [-0.2, -0.15) is 5.26 Å². The molecule has 1 aliphatic heterocycles. The minimum atomic E-state index is -0.490. The Labute approximate surface area is 189 Å². The smallest absolute Gasteiger partial charge is 0.266 e. The summed E-state index contributed by atoms with van der Waals surface area (Å²) in [5.74, 6) is 0.504. The van der Waals surface area contributed by atoms with E-state index in [1.807, 2.05) is 31.2 Å². The monoisotopic (exact) mass is 437 g/mol.